The molecule has 0 atom stereocenters. The van der Waals surface area contributed by atoms with E-state index in [0.29, 0.717) is 0 Å². The number of nitrogens with zero attached hydrogens (tertiary/aromatic N) is 2. The van der Waals surface area contributed by atoms with Crippen molar-refractivity contribution in [2.75, 3.05) is 4.90 Å². The summed E-state index contributed by atoms with van der Waals surface area (Å²) in [6.07, 6.45) is 0. The highest BCUT2D eigenvalue weighted by Crippen LogP contribution is 2.45. The zero-order valence-corrected chi connectivity index (χ0v) is 36.3. The predicted molar refractivity (Wildman–Crippen MR) is 280 cm³/mol. The summed E-state index contributed by atoms with van der Waals surface area (Å²) < 4.78 is 2.39. The van der Waals surface area contributed by atoms with Crippen LogP contribution in [0.4, 0.5) is 17.1 Å². The molecule has 0 fully saturated rings. The van der Waals surface area contributed by atoms with E-state index in [9.17, 15) is 0 Å². The maximum absolute atomic E-state index is 2.43. The molecule has 1 aromatic heterocycles. The number of para-hydroxylation sites is 2. The number of benzene rings is 11. The monoisotopic (exact) mass is 840 g/mol. The number of hydrogen-bond acceptors (Lipinski definition) is 1. The first kappa shape index (κ1) is 38.9. The van der Waals surface area contributed by atoms with Crippen LogP contribution in [0.2, 0.25) is 0 Å². The Hall–Kier alpha value is -8.72. The maximum atomic E-state index is 2.43. The quantitative estimate of drug-likeness (QED) is 0.141. The van der Waals surface area contributed by atoms with Crippen molar-refractivity contribution in [3.8, 4) is 61.3 Å². The molecule has 11 aromatic carbocycles. The van der Waals surface area contributed by atoms with Crippen LogP contribution in [0, 0.1) is 0 Å². The molecule has 2 heteroatoms. The van der Waals surface area contributed by atoms with E-state index < -0.39 is 0 Å². The van der Waals surface area contributed by atoms with Gasteiger partial charge in [-0.2, -0.15) is 0 Å². The molecule has 12 aromatic rings. The van der Waals surface area contributed by atoms with Gasteiger partial charge in [-0.15, -0.1) is 0 Å². The Bertz CT molecular complexity index is 3640. The fourth-order valence-electron chi connectivity index (χ4n) is 9.95. The average Bonchev–Trinajstić information content (AvgIpc) is 3.75. The minimum Gasteiger partial charge on any atom is -0.310 e. The van der Waals surface area contributed by atoms with Gasteiger partial charge >= 0.3 is 0 Å². The van der Waals surface area contributed by atoms with Gasteiger partial charge in [-0.05, 0) is 121 Å². The molecule has 0 amide bonds. The summed E-state index contributed by atoms with van der Waals surface area (Å²) in [6, 6.07) is 96.7. The summed E-state index contributed by atoms with van der Waals surface area (Å²) in [5, 5.41) is 4.91. The summed E-state index contributed by atoms with van der Waals surface area (Å²) in [6.45, 7) is 0. The van der Waals surface area contributed by atoms with E-state index in [1.165, 1.54) is 82.7 Å². The summed E-state index contributed by atoms with van der Waals surface area (Å²) >= 11 is 0. The number of fused-ring (bicyclic) bond motifs is 4. The third-order valence-corrected chi connectivity index (χ3v) is 13.0. The first-order valence-electron chi connectivity index (χ1n) is 22.7. The van der Waals surface area contributed by atoms with E-state index >= 15 is 0 Å². The highest BCUT2D eigenvalue weighted by Gasteiger charge is 2.22. The smallest absolute Gasteiger partial charge is 0.0562 e. The van der Waals surface area contributed by atoms with Gasteiger partial charge in [0.05, 0.1) is 16.7 Å². The van der Waals surface area contributed by atoms with Crippen LogP contribution < -0.4 is 4.90 Å². The zero-order chi connectivity index (χ0) is 43.8. The lowest BCUT2D eigenvalue weighted by Crippen LogP contribution is -2.10. The molecule has 0 bridgehead atoms. The minimum absolute atomic E-state index is 1.08. The number of hydrogen-bond donors (Lipinski definition) is 0. The van der Waals surface area contributed by atoms with Gasteiger partial charge in [0.25, 0.3) is 0 Å². The average molecular weight is 841 g/mol. The molecule has 0 saturated carbocycles. The van der Waals surface area contributed by atoms with Gasteiger partial charge in [0.2, 0.25) is 0 Å². The van der Waals surface area contributed by atoms with Crippen molar-refractivity contribution in [2.24, 2.45) is 0 Å². The van der Waals surface area contributed by atoms with Crippen LogP contribution in [0.5, 0.6) is 0 Å². The summed E-state index contributed by atoms with van der Waals surface area (Å²) in [4.78, 5) is 2.43. The van der Waals surface area contributed by atoms with E-state index in [1.54, 1.807) is 0 Å². The Kier molecular flexibility index (Phi) is 9.89. The molecule has 0 unspecified atom stereocenters. The Morgan fingerprint density at radius 1 is 0.258 bits per heavy atom. The van der Waals surface area contributed by atoms with E-state index in [4.69, 9.17) is 0 Å². The van der Waals surface area contributed by atoms with Crippen molar-refractivity contribution in [3.63, 3.8) is 0 Å². The van der Waals surface area contributed by atoms with Gasteiger partial charge in [-0.25, -0.2) is 0 Å². The topological polar surface area (TPSA) is 8.17 Å². The molecule has 0 radical (unpaired) electrons. The highest BCUT2D eigenvalue weighted by atomic mass is 15.1. The molecule has 310 valence electrons. The minimum atomic E-state index is 1.08. The van der Waals surface area contributed by atoms with E-state index in [1.807, 2.05) is 0 Å². The summed E-state index contributed by atoms with van der Waals surface area (Å²) in [7, 11) is 0. The fraction of sp³-hybridized carbons (Fsp3) is 0. The Morgan fingerprint density at radius 3 is 1.27 bits per heavy atom. The molecule has 0 aliphatic rings. The van der Waals surface area contributed by atoms with Crippen LogP contribution in [-0.4, -0.2) is 4.57 Å². The van der Waals surface area contributed by atoms with Crippen LogP contribution in [-0.2, 0) is 0 Å². The largest absolute Gasteiger partial charge is 0.310 e. The predicted octanol–water partition coefficient (Wildman–Crippen LogP) is 17.7. The van der Waals surface area contributed by atoms with E-state index in [0.717, 1.165) is 28.3 Å². The van der Waals surface area contributed by atoms with Gasteiger partial charge in [-0.3, -0.25) is 0 Å². The molecular weight excluding hydrogens is 797 g/mol. The lowest BCUT2D eigenvalue weighted by molar-refractivity contribution is 1.18. The molecular formula is C64H44N2. The molecule has 0 spiro atoms. The zero-order valence-electron chi connectivity index (χ0n) is 36.3. The van der Waals surface area contributed by atoms with Crippen molar-refractivity contribution in [2.45, 2.75) is 0 Å². The fourth-order valence-corrected chi connectivity index (χ4v) is 9.95. The van der Waals surface area contributed by atoms with Crippen molar-refractivity contribution < 1.29 is 0 Å². The molecule has 0 saturated heterocycles. The van der Waals surface area contributed by atoms with E-state index in [-0.39, 0.29) is 0 Å². The molecule has 1 heterocycles. The SMILES string of the molecule is c1ccc(-c2ccccc2-c2ccc(-c3ccc(N(c4ccc(-c5cccc6cccc(-c7ccccc7)c56)cc4)c4cccc5c4c4ccccc4n5-c4ccccc4)cc3)cc2)cc1. The second-order valence-electron chi connectivity index (χ2n) is 16.9. The molecule has 66 heavy (non-hydrogen) atoms. The van der Waals surface area contributed by atoms with E-state index in [2.05, 4.69) is 276 Å². The van der Waals surface area contributed by atoms with Crippen LogP contribution in [0.1, 0.15) is 0 Å². The number of aromatic nitrogens is 1. The van der Waals surface area contributed by atoms with Crippen molar-refractivity contribution in [1.29, 1.82) is 0 Å². The number of rotatable bonds is 9. The Balaban J connectivity index is 0.977. The second-order valence-corrected chi connectivity index (χ2v) is 16.9. The van der Waals surface area contributed by atoms with Gasteiger partial charge in [0.1, 0.15) is 0 Å². The molecule has 12 rings (SSSR count). The van der Waals surface area contributed by atoms with Gasteiger partial charge in [-0.1, -0.05) is 212 Å². The van der Waals surface area contributed by atoms with Gasteiger partial charge < -0.3 is 9.47 Å². The highest BCUT2D eigenvalue weighted by molar-refractivity contribution is 6.16. The van der Waals surface area contributed by atoms with Crippen LogP contribution in [0.3, 0.4) is 0 Å². The maximum Gasteiger partial charge on any atom is 0.0562 e. The molecule has 0 aliphatic carbocycles. The van der Waals surface area contributed by atoms with Crippen LogP contribution in [0.25, 0.3) is 93.9 Å². The lowest BCUT2D eigenvalue weighted by atomic mass is 9.91. The second kappa shape index (κ2) is 16.8. The molecule has 0 N–H and O–H groups in total. The molecule has 0 aliphatic heterocycles. The van der Waals surface area contributed by atoms with Crippen molar-refractivity contribution >= 4 is 49.6 Å². The Morgan fingerprint density at radius 2 is 0.667 bits per heavy atom. The third-order valence-electron chi connectivity index (χ3n) is 13.0. The summed E-state index contributed by atoms with van der Waals surface area (Å²) in [5.74, 6) is 0. The third kappa shape index (κ3) is 6.93. The van der Waals surface area contributed by atoms with Crippen LogP contribution in [0.15, 0.2) is 267 Å². The van der Waals surface area contributed by atoms with Crippen molar-refractivity contribution in [3.05, 3.63) is 267 Å². The van der Waals surface area contributed by atoms with Crippen LogP contribution >= 0.6 is 0 Å². The summed E-state index contributed by atoms with van der Waals surface area (Å²) in [5.41, 5.74) is 18.9. The van der Waals surface area contributed by atoms with Gasteiger partial charge in [0, 0.05) is 27.8 Å². The first-order chi connectivity index (χ1) is 32.8. The first-order valence-corrected chi connectivity index (χ1v) is 22.7. The lowest BCUT2D eigenvalue weighted by Gasteiger charge is -2.27. The standard InChI is InChI=1S/C64H44N2/c1-4-17-47(18-5-1)55-25-10-11-26-56(55)49-35-33-45(34-36-49)46-37-41-53(42-38-46)65(61-31-16-32-62-64(61)59-27-12-13-30-60(59)66(62)52-23-8-3-9-24-52)54-43-39-50(40-44-54)58-29-15-22-51-21-14-28-57(63(51)58)48-19-6-2-7-20-48/h1-44H. The molecule has 2 nitrogen and oxygen atoms in total. The normalized spacial score (nSPS) is 11.3. The number of anilines is 3. The van der Waals surface area contributed by atoms with Crippen molar-refractivity contribution in [1.82, 2.24) is 4.57 Å². The van der Waals surface area contributed by atoms with Gasteiger partial charge in [0.15, 0.2) is 0 Å². The Labute approximate surface area is 385 Å².